The number of rotatable bonds is 5. The molecule has 4 rings (SSSR count). The average molecular weight is 361 g/mol. The van der Waals surface area contributed by atoms with Crippen LogP contribution in [0.2, 0.25) is 0 Å². The van der Waals surface area contributed by atoms with Gasteiger partial charge in [-0.2, -0.15) is 0 Å². The molecule has 3 aliphatic rings. The Hall–Kier alpha value is -1.36. The molecule has 2 saturated carbocycles. The Morgan fingerprint density at radius 3 is 2.72 bits per heavy atom. The summed E-state index contributed by atoms with van der Waals surface area (Å²) in [5, 5.41) is 3.81. The van der Waals surface area contributed by atoms with Crippen LogP contribution in [0.15, 0.2) is 0 Å². The Kier molecular flexibility index (Phi) is 4.61. The first-order valence-electron chi connectivity index (χ1n) is 9.82. The molecule has 0 unspecified atom stereocenters. The van der Waals surface area contributed by atoms with Crippen molar-refractivity contribution in [3.05, 3.63) is 16.0 Å². The number of nitrogens with one attached hydrogen (secondary N) is 1. The van der Waals surface area contributed by atoms with E-state index >= 15 is 0 Å². The van der Waals surface area contributed by atoms with Gasteiger partial charge in [-0.25, -0.2) is 0 Å². The van der Waals surface area contributed by atoms with Gasteiger partial charge in [-0.3, -0.25) is 9.59 Å². The summed E-state index contributed by atoms with van der Waals surface area (Å²) in [7, 11) is 0. The number of hydrogen-bond acceptors (Lipinski definition) is 3. The minimum atomic E-state index is -0.394. The van der Waals surface area contributed by atoms with Crippen molar-refractivity contribution in [1.82, 2.24) is 0 Å². The van der Waals surface area contributed by atoms with Gasteiger partial charge < -0.3 is 11.1 Å². The van der Waals surface area contributed by atoms with Crippen LogP contribution in [0.5, 0.6) is 0 Å². The van der Waals surface area contributed by atoms with E-state index in [1.807, 2.05) is 0 Å². The van der Waals surface area contributed by atoms with Gasteiger partial charge in [0.2, 0.25) is 5.91 Å². The molecule has 1 aromatic rings. The molecule has 3 aliphatic carbocycles. The van der Waals surface area contributed by atoms with Crippen LogP contribution >= 0.6 is 11.3 Å². The van der Waals surface area contributed by atoms with E-state index < -0.39 is 5.91 Å². The smallest absolute Gasteiger partial charge is 0.251 e. The van der Waals surface area contributed by atoms with Gasteiger partial charge in [-0.05, 0) is 61.8 Å². The summed E-state index contributed by atoms with van der Waals surface area (Å²) in [5.74, 6) is 1.83. The highest BCUT2D eigenvalue weighted by Crippen LogP contribution is 2.49. The number of hydrogen-bond donors (Lipinski definition) is 2. The molecule has 2 amide bonds. The van der Waals surface area contributed by atoms with E-state index in [1.54, 1.807) is 11.3 Å². The zero-order valence-electron chi connectivity index (χ0n) is 15.0. The molecule has 4 nitrogen and oxygen atoms in total. The van der Waals surface area contributed by atoms with Crippen LogP contribution in [0.3, 0.4) is 0 Å². The quantitative estimate of drug-likeness (QED) is 0.829. The number of anilines is 1. The molecule has 1 heterocycles. The normalized spacial score (nSPS) is 30.3. The number of carbonyl (C=O) groups is 2. The van der Waals surface area contributed by atoms with E-state index in [1.165, 1.54) is 37.0 Å². The van der Waals surface area contributed by atoms with Gasteiger partial charge in [-0.1, -0.05) is 26.2 Å². The van der Waals surface area contributed by atoms with Gasteiger partial charge >= 0.3 is 0 Å². The van der Waals surface area contributed by atoms with E-state index in [-0.39, 0.29) is 11.8 Å². The Labute approximate surface area is 153 Å². The van der Waals surface area contributed by atoms with Crippen molar-refractivity contribution in [1.29, 1.82) is 0 Å². The minimum absolute atomic E-state index is 0.110. The highest BCUT2D eigenvalue weighted by atomic mass is 32.1. The third-order valence-electron chi connectivity index (χ3n) is 6.62. The predicted octanol–water partition coefficient (Wildman–Crippen LogP) is 4.13. The molecule has 0 spiro atoms. The van der Waals surface area contributed by atoms with E-state index in [9.17, 15) is 9.59 Å². The van der Waals surface area contributed by atoms with Gasteiger partial charge in [0.1, 0.15) is 5.00 Å². The van der Waals surface area contributed by atoms with Gasteiger partial charge in [0.25, 0.3) is 5.91 Å². The number of amides is 2. The second kappa shape index (κ2) is 6.75. The lowest BCUT2D eigenvalue weighted by Gasteiger charge is -2.21. The van der Waals surface area contributed by atoms with Crippen LogP contribution in [0.25, 0.3) is 0 Å². The maximum atomic E-state index is 12.8. The fourth-order valence-corrected chi connectivity index (χ4v) is 6.80. The summed E-state index contributed by atoms with van der Waals surface area (Å²) in [5.41, 5.74) is 7.38. The lowest BCUT2D eigenvalue weighted by molar-refractivity contribution is -0.121. The molecule has 0 saturated heterocycles. The first kappa shape index (κ1) is 17.1. The van der Waals surface area contributed by atoms with Gasteiger partial charge in [0.15, 0.2) is 0 Å². The van der Waals surface area contributed by atoms with Crippen molar-refractivity contribution >= 4 is 28.2 Å². The van der Waals surface area contributed by atoms with Crippen molar-refractivity contribution in [2.24, 2.45) is 29.4 Å². The monoisotopic (exact) mass is 360 g/mol. The van der Waals surface area contributed by atoms with Crippen LogP contribution in [-0.2, 0) is 17.6 Å². The fraction of sp³-hybridized carbons (Fsp3) is 0.700. The van der Waals surface area contributed by atoms with Gasteiger partial charge in [-0.15, -0.1) is 11.3 Å². The molecular weight excluding hydrogens is 332 g/mol. The standard InChI is InChI=1S/C20H28N2O2S/c1-2-3-11-5-7-14-16(10-11)25-20(17(14)18(21)23)22-19(24)15-9-12-4-6-13(15)8-12/h11-13,15H,2-10H2,1H3,(H2,21,23)(H,22,24)/t11-,12-,13-,15-/m1/s1. The zero-order valence-corrected chi connectivity index (χ0v) is 15.8. The van der Waals surface area contributed by atoms with E-state index in [0.717, 1.165) is 37.2 Å². The summed E-state index contributed by atoms with van der Waals surface area (Å²) in [6, 6.07) is 0. The Balaban J connectivity index is 1.55. The predicted molar refractivity (Wildman–Crippen MR) is 101 cm³/mol. The number of thiophene rings is 1. The first-order chi connectivity index (χ1) is 12.1. The van der Waals surface area contributed by atoms with Crippen molar-refractivity contribution in [3.8, 4) is 0 Å². The fourth-order valence-electron chi connectivity index (χ4n) is 5.43. The first-order valence-corrected chi connectivity index (χ1v) is 10.6. The zero-order chi connectivity index (χ0) is 17.6. The number of nitrogens with two attached hydrogens (primary N) is 1. The van der Waals surface area contributed by atoms with Gasteiger partial charge in [0, 0.05) is 10.8 Å². The maximum absolute atomic E-state index is 12.8. The lowest BCUT2D eigenvalue weighted by Crippen LogP contribution is -2.28. The van der Waals surface area contributed by atoms with Crippen molar-refractivity contribution in [3.63, 3.8) is 0 Å². The van der Waals surface area contributed by atoms with Gasteiger partial charge in [0.05, 0.1) is 5.56 Å². The van der Waals surface area contributed by atoms with E-state index in [0.29, 0.717) is 22.4 Å². The van der Waals surface area contributed by atoms with Crippen LogP contribution in [0, 0.1) is 23.7 Å². The summed E-state index contributed by atoms with van der Waals surface area (Å²) >= 11 is 1.59. The van der Waals surface area contributed by atoms with Crippen molar-refractivity contribution < 1.29 is 9.59 Å². The maximum Gasteiger partial charge on any atom is 0.251 e. The molecule has 4 atom stereocenters. The molecule has 0 radical (unpaired) electrons. The Bertz CT molecular complexity index is 696. The molecule has 136 valence electrons. The number of carbonyl (C=O) groups excluding carboxylic acids is 2. The molecule has 2 fully saturated rings. The number of fused-ring (bicyclic) bond motifs is 3. The third kappa shape index (κ3) is 3.12. The summed E-state index contributed by atoms with van der Waals surface area (Å²) < 4.78 is 0. The molecule has 2 bridgehead atoms. The molecule has 5 heteroatoms. The molecular formula is C20H28N2O2S. The van der Waals surface area contributed by atoms with Crippen LogP contribution in [0.1, 0.15) is 72.7 Å². The SMILES string of the molecule is CCC[C@@H]1CCc2c(sc(NC(=O)[C@@H]3C[C@@H]4CC[C@@H]3C4)c2C(N)=O)C1. The second-order valence-electron chi connectivity index (χ2n) is 8.24. The summed E-state index contributed by atoms with van der Waals surface area (Å²) in [6.45, 7) is 2.22. The third-order valence-corrected chi connectivity index (χ3v) is 7.79. The highest BCUT2D eigenvalue weighted by molar-refractivity contribution is 7.17. The van der Waals surface area contributed by atoms with Crippen LogP contribution < -0.4 is 11.1 Å². The molecule has 0 aliphatic heterocycles. The second-order valence-corrected chi connectivity index (χ2v) is 9.35. The van der Waals surface area contributed by atoms with Crippen LogP contribution in [0.4, 0.5) is 5.00 Å². The topological polar surface area (TPSA) is 72.2 Å². The molecule has 25 heavy (non-hydrogen) atoms. The van der Waals surface area contributed by atoms with E-state index in [4.69, 9.17) is 5.73 Å². The molecule has 1 aromatic heterocycles. The highest BCUT2D eigenvalue weighted by Gasteiger charge is 2.43. The van der Waals surface area contributed by atoms with Crippen molar-refractivity contribution in [2.75, 3.05) is 5.32 Å². The lowest BCUT2D eigenvalue weighted by atomic mass is 9.84. The largest absolute Gasteiger partial charge is 0.365 e. The Morgan fingerprint density at radius 1 is 1.24 bits per heavy atom. The molecule has 0 aromatic carbocycles. The summed E-state index contributed by atoms with van der Waals surface area (Å²) in [4.78, 5) is 26.1. The van der Waals surface area contributed by atoms with Crippen LogP contribution in [-0.4, -0.2) is 11.8 Å². The van der Waals surface area contributed by atoms with Crippen molar-refractivity contribution in [2.45, 2.75) is 64.7 Å². The minimum Gasteiger partial charge on any atom is -0.365 e. The van der Waals surface area contributed by atoms with E-state index in [2.05, 4.69) is 12.2 Å². The Morgan fingerprint density at radius 2 is 2.08 bits per heavy atom. The molecule has 3 N–H and O–H groups in total. The number of primary amides is 1. The average Bonchev–Trinajstić information content (AvgIpc) is 3.27. The summed E-state index contributed by atoms with van der Waals surface area (Å²) in [6.07, 6.45) is 10.2.